The highest BCUT2D eigenvalue weighted by Crippen LogP contribution is 2.41. The Hall–Kier alpha value is -1.49. The maximum absolute atomic E-state index is 6.22. The maximum Gasteiger partial charge on any atom is 0.177 e. The summed E-state index contributed by atoms with van der Waals surface area (Å²) < 4.78 is 5.32. The van der Waals surface area contributed by atoms with Gasteiger partial charge in [0.25, 0.3) is 0 Å². The van der Waals surface area contributed by atoms with Gasteiger partial charge in [0.2, 0.25) is 0 Å². The van der Waals surface area contributed by atoms with Crippen molar-refractivity contribution in [3.63, 3.8) is 0 Å². The summed E-state index contributed by atoms with van der Waals surface area (Å²) in [6.07, 6.45) is 0. The minimum atomic E-state index is 0.311. The molecule has 3 rings (SSSR count). The largest absolute Gasteiger partial charge is 0.380 e. The van der Waals surface area contributed by atoms with Crippen LogP contribution in [0, 0.1) is 0 Å². The van der Waals surface area contributed by atoms with E-state index in [0.29, 0.717) is 27.2 Å². The lowest BCUT2D eigenvalue weighted by molar-refractivity contribution is 0.436. The minimum Gasteiger partial charge on any atom is -0.380 e. The van der Waals surface area contributed by atoms with Crippen molar-refractivity contribution in [2.24, 2.45) is 0 Å². The van der Waals surface area contributed by atoms with E-state index in [9.17, 15) is 0 Å². The van der Waals surface area contributed by atoms with E-state index >= 15 is 0 Å². The Kier molecular flexibility index (Phi) is 3.22. The average Bonchev–Trinajstić information content (AvgIpc) is 2.99. The third-order valence-corrected chi connectivity index (χ3v) is 3.93. The van der Waals surface area contributed by atoms with Crippen LogP contribution in [0.5, 0.6) is 0 Å². The highest BCUT2D eigenvalue weighted by molar-refractivity contribution is 7.08. The van der Waals surface area contributed by atoms with Crippen LogP contribution in [0.4, 0.5) is 5.82 Å². The summed E-state index contributed by atoms with van der Waals surface area (Å²) in [6.45, 7) is 0. The normalized spacial score (nSPS) is 10.8. The quantitative estimate of drug-likeness (QED) is 0.728. The number of thiophene rings is 1. The molecular formula is C13H8Cl2N2OS. The summed E-state index contributed by atoms with van der Waals surface area (Å²) >= 11 is 13.7. The van der Waals surface area contributed by atoms with Gasteiger partial charge in [-0.1, -0.05) is 34.4 Å². The van der Waals surface area contributed by atoms with E-state index in [2.05, 4.69) is 5.16 Å². The van der Waals surface area contributed by atoms with E-state index in [1.54, 1.807) is 23.5 Å². The van der Waals surface area contributed by atoms with Crippen LogP contribution in [0.1, 0.15) is 0 Å². The van der Waals surface area contributed by atoms with Crippen molar-refractivity contribution in [3.05, 3.63) is 45.1 Å². The van der Waals surface area contributed by atoms with Crippen molar-refractivity contribution in [1.82, 2.24) is 5.16 Å². The molecule has 6 heteroatoms. The number of benzene rings is 1. The molecule has 0 unspecified atom stereocenters. The number of hydrogen-bond acceptors (Lipinski definition) is 4. The van der Waals surface area contributed by atoms with Crippen LogP contribution in [0.25, 0.3) is 22.5 Å². The van der Waals surface area contributed by atoms with E-state index in [0.717, 1.165) is 11.1 Å². The number of rotatable bonds is 2. The van der Waals surface area contributed by atoms with Gasteiger partial charge in [-0.2, -0.15) is 11.3 Å². The molecule has 3 aromatic rings. The average molecular weight is 311 g/mol. The molecule has 2 N–H and O–H groups in total. The molecule has 0 radical (unpaired) electrons. The SMILES string of the molecule is Nc1noc(-c2ccsc2)c1-c1ccc(Cl)cc1Cl. The summed E-state index contributed by atoms with van der Waals surface area (Å²) in [4.78, 5) is 0. The summed E-state index contributed by atoms with van der Waals surface area (Å²) in [5.74, 6) is 0.924. The Balaban J connectivity index is 2.22. The monoisotopic (exact) mass is 310 g/mol. The van der Waals surface area contributed by atoms with Crippen LogP contribution in [0.15, 0.2) is 39.5 Å². The first-order chi connectivity index (χ1) is 9.16. The molecule has 0 aliphatic rings. The van der Waals surface area contributed by atoms with Crippen LogP contribution in [0.2, 0.25) is 10.0 Å². The van der Waals surface area contributed by atoms with Crippen LogP contribution >= 0.6 is 34.5 Å². The van der Waals surface area contributed by atoms with E-state index in [4.69, 9.17) is 33.5 Å². The first-order valence-corrected chi connectivity index (χ1v) is 7.10. The summed E-state index contributed by atoms with van der Waals surface area (Å²) in [7, 11) is 0. The molecular weight excluding hydrogens is 303 g/mol. The molecule has 96 valence electrons. The van der Waals surface area contributed by atoms with Crippen LogP contribution < -0.4 is 5.73 Å². The van der Waals surface area contributed by atoms with Gasteiger partial charge < -0.3 is 10.3 Å². The summed E-state index contributed by atoms with van der Waals surface area (Å²) in [6, 6.07) is 7.18. The molecule has 2 aromatic heterocycles. The molecule has 0 aliphatic carbocycles. The smallest absolute Gasteiger partial charge is 0.177 e. The Bertz CT molecular complexity index is 722. The van der Waals surface area contributed by atoms with Gasteiger partial charge in [-0.3, -0.25) is 0 Å². The maximum atomic E-state index is 6.22. The van der Waals surface area contributed by atoms with Gasteiger partial charge in [-0.15, -0.1) is 0 Å². The van der Waals surface area contributed by atoms with E-state index in [-0.39, 0.29) is 0 Å². The van der Waals surface area contributed by atoms with Crippen molar-refractivity contribution in [1.29, 1.82) is 0 Å². The molecule has 3 nitrogen and oxygen atoms in total. The molecule has 0 saturated carbocycles. The summed E-state index contributed by atoms with van der Waals surface area (Å²) in [5, 5.41) is 8.84. The van der Waals surface area contributed by atoms with Crippen LogP contribution in [-0.4, -0.2) is 5.16 Å². The molecule has 0 spiro atoms. The number of halogens is 2. The second-order valence-corrected chi connectivity index (χ2v) is 5.53. The zero-order valence-corrected chi connectivity index (χ0v) is 11.9. The third-order valence-electron chi connectivity index (χ3n) is 2.70. The topological polar surface area (TPSA) is 52.0 Å². The van der Waals surface area contributed by atoms with Crippen molar-refractivity contribution >= 4 is 40.4 Å². The van der Waals surface area contributed by atoms with Gasteiger partial charge in [-0.25, -0.2) is 0 Å². The molecule has 0 atom stereocenters. The van der Waals surface area contributed by atoms with Gasteiger partial charge in [0.15, 0.2) is 11.6 Å². The number of nitrogens with two attached hydrogens (primary N) is 1. The minimum absolute atomic E-state index is 0.311. The lowest BCUT2D eigenvalue weighted by Crippen LogP contribution is -1.89. The second-order valence-electron chi connectivity index (χ2n) is 3.91. The first-order valence-electron chi connectivity index (χ1n) is 5.40. The third kappa shape index (κ3) is 2.23. The lowest BCUT2D eigenvalue weighted by atomic mass is 10.0. The van der Waals surface area contributed by atoms with Crippen LogP contribution in [0.3, 0.4) is 0 Å². The van der Waals surface area contributed by atoms with Gasteiger partial charge >= 0.3 is 0 Å². The van der Waals surface area contributed by atoms with Gasteiger partial charge in [0.05, 0.1) is 10.6 Å². The second kappa shape index (κ2) is 4.89. The molecule has 19 heavy (non-hydrogen) atoms. The fraction of sp³-hybridized carbons (Fsp3) is 0. The predicted octanol–water partition coefficient (Wildman–Crippen LogP) is 4.96. The highest BCUT2D eigenvalue weighted by atomic mass is 35.5. The molecule has 0 fully saturated rings. The molecule has 1 aromatic carbocycles. The van der Waals surface area contributed by atoms with E-state index in [1.807, 2.05) is 22.9 Å². The Morgan fingerprint density at radius 3 is 2.74 bits per heavy atom. The lowest BCUT2D eigenvalue weighted by Gasteiger charge is -2.04. The van der Waals surface area contributed by atoms with Crippen molar-refractivity contribution in [2.45, 2.75) is 0 Å². The van der Waals surface area contributed by atoms with E-state index < -0.39 is 0 Å². The Labute approximate surface area is 123 Å². The summed E-state index contributed by atoms with van der Waals surface area (Å²) in [5.41, 5.74) is 8.27. The molecule has 0 bridgehead atoms. The molecule has 0 aliphatic heterocycles. The zero-order valence-electron chi connectivity index (χ0n) is 9.56. The van der Waals surface area contributed by atoms with E-state index in [1.165, 1.54) is 0 Å². The van der Waals surface area contributed by atoms with Crippen LogP contribution in [-0.2, 0) is 0 Å². The number of aromatic nitrogens is 1. The van der Waals surface area contributed by atoms with Gasteiger partial charge in [-0.05, 0) is 23.6 Å². The van der Waals surface area contributed by atoms with Gasteiger partial charge in [0, 0.05) is 21.5 Å². The van der Waals surface area contributed by atoms with Crippen molar-refractivity contribution in [2.75, 3.05) is 5.73 Å². The fourth-order valence-electron chi connectivity index (χ4n) is 1.85. The number of hydrogen-bond donors (Lipinski definition) is 1. The van der Waals surface area contributed by atoms with Gasteiger partial charge in [0.1, 0.15) is 0 Å². The molecule has 0 amide bonds. The number of anilines is 1. The van der Waals surface area contributed by atoms with Crippen molar-refractivity contribution < 1.29 is 4.52 Å². The zero-order chi connectivity index (χ0) is 13.4. The standard InChI is InChI=1S/C13H8Cl2N2OS/c14-8-1-2-9(10(15)5-8)11-12(18-17-13(11)16)7-3-4-19-6-7/h1-6H,(H2,16,17). The molecule has 2 heterocycles. The highest BCUT2D eigenvalue weighted by Gasteiger charge is 2.20. The number of nitrogen functional groups attached to an aromatic ring is 1. The van der Waals surface area contributed by atoms with Crippen molar-refractivity contribution in [3.8, 4) is 22.5 Å². The first kappa shape index (κ1) is 12.5. The fourth-order valence-corrected chi connectivity index (χ4v) is 2.98. The Morgan fingerprint density at radius 2 is 2.05 bits per heavy atom. The predicted molar refractivity (Wildman–Crippen MR) is 79.7 cm³/mol. The Morgan fingerprint density at radius 1 is 1.21 bits per heavy atom. The number of nitrogens with zero attached hydrogens (tertiary/aromatic N) is 1. The molecule has 0 saturated heterocycles.